The molecule has 226 valence electrons. The highest BCUT2D eigenvalue weighted by Crippen LogP contribution is 2.36. The van der Waals surface area contributed by atoms with Crippen molar-refractivity contribution in [3.63, 3.8) is 0 Å². The Hall–Kier alpha value is -3.80. The fraction of sp³-hybridized carbons (Fsp3) is 0.467. The summed E-state index contributed by atoms with van der Waals surface area (Å²) in [5, 5.41) is 18.2. The van der Waals surface area contributed by atoms with Crippen molar-refractivity contribution in [1.82, 2.24) is 9.80 Å². The van der Waals surface area contributed by atoms with Crippen LogP contribution in [0.2, 0.25) is 0 Å². The van der Waals surface area contributed by atoms with Crippen LogP contribution in [0.3, 0.4) is 0 Å². The molecule has 2 aliphatic rings. The molecule has 0 bridgehead atoms. The molecule has 2 amide bonds. The van der Waals surface area contributed by atoms with E-state index < -0.39 is 23.8 Å². The molecule has 2 N–H and O–H groups in total. The summed E-state index contributed by atoms with van der Waals surface area (Å²) in [5.41, 5.74) is 3.84. The van der Waals surface area contributed by atoms with Crippen LogP contribution in [0.4, 0.5) is 0 Å². The van der Waals surface area contributed by atoms with Crippen LogP contribution in [0.25, 0.3) is 0 Å². The number of rotatable bonds is 13. The average molecular weight is 648 g/mol. The molecule has 0 spiro atoms. The van der Waals surface area contributed by atoms with Crippen molar-refractivity contribution in [3.05, 3.63) is 51.0 Å². The van der Waals surface area contributed by atoms with Crippen molar-refractivity contribution in [3.8, 4) is 17.2 Å². The van der Waals surface area contributed by atoms with Gasteiger partial charge < -0.3 is 34.2 Å². The van der Waals surface area contributed by atoms with Crippen molar-refractivity contribution in [2.24, 2.45) is 11.8 Å². The second kappa shape index (κ2) is 13.5. The first-order valence-electron chi connectivity index (χ1n) is 13.7. The number of carbonyl (C=O) groups excluding carboxylic acids is 2. The summed E-state index contributed by atoms with van der Waals surface area (Å²) in [4.78, 5) is 50.6. The van der Waals surface area contributed by atoms with E-state index in [1.54, 1.807) is 16.9 Å². The fourth-order valence-electron chi connectivity index (χ4n) is 4.92. The first kappa shape index (κ1) is 31.1. The summed E-state index contributed by atoms with van der Waals surface area (Å²) in [6.45, 7) is 5.42. The zero-order chi connectivity index (χ0) is 30.6. The van der Waals surface area contributed by atoms with E-state index in [4.69, 9.17) is 24.4 Å². The number of benzene rings is 2. The van der Waals surface area contributed by atoms with Gasteiger partial charge in [0.05, 0.1) is 36.6 Å². The number of aliphatic carboxylic acids is 2. The van der Waals surface area contributed by atoms with Crippen LogP contribution in [0.1, 0.15) is 55.4 Å². The van der Waals surface area contributed by atoms with Gasteiger partial charge in [0.1, 0.15) is 5.75 Å². The van der Waals surface area contributed by atoms with Gasteiger partial charge in [-0.15, -0.1) is 0 Å². The molecule has 0 fully saturated rings. The van der Waals surface area contributed by atoms with Crippen molar-refractivity contribution >= 4 is 39.7 Å². The van der Waals surface area contributed by atoms with E-state index in [0.717, 1.165) is 26.7 Å². The zero-order valence-corrected chi connectivity index (χ0v) is 25.4. The molecular weight excluding hydrogens is 612 g/mol. The van der Waals surface area contributed by atoms with Crippen LogP contribution in [-0.4, -0.2) is 64.1 Å². The SMILES string of the molecule is COc1cc2c(cc1OCCCOc1cc3c(cc1Br)CN(C(=O)CC(C)C(=O)O)C3)CN(C(=O)CC(C)C(=O)O)C2. The molecule has 0 aliphatic carbocycles. The molecule has 0 saturated heterocycles. The summed E-state index contributed by atoms with van der Waals surface area (Å²) in [6.07, 6.45) is 0.497. The molecule has 2 aromatic carbocycles. The minimum atomic E-state index is -0.993. The van der Waals surface area contributed by atoms with Crippen molar-refractivity contribution < 1.29 is 43.6 Å². The number of carboxylic acids is 2. The monoisotopic (exact) mass is 646 g/mol. The third kappa shape index (κ3) is 7.33. The first-order valence-corrected chi connectivity index (χ1v) is 14.5. The third-order valence-electron chi connectivity index (χ3n) is 7.50. The summed E-state index contributed by atoms with van der Waals surface area (Å²) < 4.78 is 18.3. The lowest BCUT2D eigenvalue weighted by atomic mass is 10.1. The number of nitrogens with zero attached hydrogens (tertiary/aromatic N) is 2. The third-order valence-corrected chi connectivity index (χ3v) is 8.12. The standard InChI is InChI=1S/C30H35BrN2O9/c1-17(29(36)37)7-27(34)32-13-19-9-23(31)24(10-20(19)14-32)41-5-4-6-42-26-12-22-16-33(15-21(22)11-25(26)40-3)28(35)8-18(2)30(38)39/h9-12,17-18H,4-8,13-16H2,1-3H3,(H,36,37)(H,38,39). The highest BCUT2D eigenvalue weighted by molar-refractivity contribution is 9.10. The maximum atomic E-state index is 12.6. The molecule has 2 atom stereocenters. The van der Waals surface area contributed by atoms with Crippen LogP contribution in [0.5, 0.6) is 17.2 Å². The second-order valence-electron chi connectivity index (χ2n) is 10.8. The van der Waals surface area contributed by atoms with Gasteiger partial charge in [0, 0.05) is 45.4 Å². The maximum absolute atomic E-state index is 12.6. The Morgan fingerprint density at radius 2 is 1.14 bits per heavy atom. The largest absolute Gasteiger partial charge is 0.493 e. The van der Waals surface area contributed by atoms with Crippen LogP contribution < -0.4 is 14.2 Å². The minimum Gasteiger partial charge on any atom is -0.493 e. The lowest BCUT2D eigenvalue weighted by Gasteiger charge is -2.16. The molecule has 11 nitrogen and oxygen atoms in total. The van der Waals surface area contributed by atoms with Gasteiger partial charge in [-0.2, -0.15) is 0 Å². The van der Waals surface area contributed by atoms with Gasteiger partial charge in [-0.3, -0.25) is 19.2 Å². The molecule has 42 heavy (non-hydrogen) atoms. The number of amides is 2. The smallest absolute Gasteiger partial charge is 0.306 e. The molecule has 2 heterocycles. The number of fused-ring (bicyclic) bond motifs is 2. The predicted molar refractivity (Wildman–Crippen MR) is 154 cm³/mol. The van der Waals surface area contributed by atoms with Gasteiger partial charge in [0.15, 0.2) is 11.5 Å². The predicted octanol–water partition coefficient (Wildman–Crippen LogP) is 4.21. The highest BCUT2D eigenvalue weighted by Gasteiger charge is 2.29. The fourth-order valence-corrected chi connectivity index (χ4v) is 5.42. The van der Waals surface area contributed by atoms with Crippen LogP contribution >= 0.6 is 15.9 Å². The summed E-state index contributed by atoms with van der Waals surface area (Å²) >= 11 is 3.54. The van der Waals surface area contributed by atoms with E-state index >= 15 is 0 Å². The molecule has 0 saturated carbocycles. The van der Waals surface area contributed by atoms with E-state index in [-0.39, 0.29) is 24.7 Å². The van der Waals surface area contributed by atoms with E-state index in [2.05, 4.69) is 15.9 Å². The van der Waals surface area contributed by atoms with Gasteiger partial charge in [-0.1, -0.05) is 13.8 Å². The molecule has 2 unspecified atom stereocenters. The van der Waals surface area contributed by atoms with Gasteiger partial charge in [0.2, 0.25) is 11.8 Å². The van der Waals surface area contributed by atoms with E-state index in [0.29, 0.717) is 63.1 Å². The van der Waals surface area contributed by atoms with Crippen molar-refractivity contribution in [2.75, 3.05) is 20.3 Å². The van der Waals surface area contributed by atoms with Crippen LogP contribution in [0.15, 0.2) is 28.7 Å². The lowest BCUT2D eigenvalue weighted by Crippen LogP contribution is -2.28. The molecule has 2 aliphatic heterocycles. The summed E-state index contributed by atoms with van der Waals surface area (Å²) in [7, 11) is 1.55. The molecule has 2 aromatic rings. The molecule has 4 rings (SSSR count). The Kier molecular flexibility index (Phi) is 9.97. The van der Waals surface area contributed by atoms with Gasteiger partial charge in [0.25, 0.3) is 0 Å². The Morgan fingerprint density at radius 1 is 0.738 bits per heavy atom. The molecular formula is C30H35BrN2O9. The molecule has 0 radical (unpaired) electrons. The summed E-state index contributed by atoms with van der Waals surface area (Å²) in [6, 6.07) is 7.56. The van der Waals surface area contributed by atoms with E-state index in [1.807, 2.05) is 24.3 Å². The number of ether oxygens (including phenoxy) is 3. The second-order valence-corrected chi connectivity index (χ2v) is 11.6. The van der Waals surface area contributed by atoms with Crippen LogP contribution in [-0.2, 0) is 45.4 Å². The van der Waals surface area contributed by atoms with Crippen LogP contribution in [0, 0.1) is 11.8 Å². The topological polar surface area (TPSA) is 143 Å². The summed E-state index contributed by atoms with van der Waals surface area (Å²) in [5.74, 6) is -2.08. The number of methoxy groups -OCH3 is 1. The molecule has 12 heteroatoms. The highest BCUT2D eigenvalue weighted by atomic mass is 79.9. The quantitative estimate of drug-likeness (QED) is 0.306. The van der Waals surface area contributed by atoms with Gasteiger partial charge >= 0.3 is 11.9 Å². The van der Waals surface area contributed by atoms with Gasteiger partial charge in [-0.05, 0) is 62.4 Å². The maximum Gasteiger partial charge on any atom is 0.306 e. The van der Waals surface area contributed by atoms with E-state index in [9.17, 15) is 19.2 Å². The van der Waals surface area contributed by atoms with Gasteiger partial charge in [-0.25, -0.2) is 0 Å². The Labute approximate surface area is 252 Å². The average Bonchev–Trinajstić information content (AvgIpc) is 3.55. The normalized spacial score (nSPS) is 15.0. The number of carboxylic acid groups (broad SMARTS) is 2. The number of halogens is 1. The Balaban J connectivity index is 1.27. The Bertz CT molecular complexity index is 1380. The minimum absolute atomic E-state index is 0.0364. The number of carbonyl (C=O) groups is 4. The number of hydrogen-bond acceptors (Lipinski definition) is 7. The lowest BCUT2D eigenvalue weighted by molar-refractivity contribution is -0.145. The first-order chi connectivity index (χ1) is 20.0. The van der Waals surface area contributed by atoms with Crippen molar-refractivity contribution in [1.29, 1.82) is 0 Å². The Morgan fingerprint density at radius 3 is 1.60 bits per heavy atom. The number of hydrogen-bond donors (Lipinski definition) is 2. The van der Waals surface area contributed by atoms with Crippen molar-refractivity contribution in [2.45, 2.75) is 59.3 Å². The van der Waals surface area contributed by atoms with E-state index in [1.165, 1.54) is 13.8 Å². The molecule has 0 aromatic heterocycles. The zero-order valence-electron chi connectivity index (χ0n) is 23.9.